The number of hydrogen-bond acceptors (Lipinski definition) is 5. The Balaban J connectivity index is 2.00. The van der Waals surface area contributed by atoms with E-state index < -0.39 is 28.0 Å². The van der Waals surface area contributed by atoms with Crippen molar-refractivity contribution in [2.24, 2.45) is 16.6 Å². The van der Waals surface area contributed by atoms with Crippen LogP contribution in [0.1, 0.15) is 12.5 Å². The first-order chi connectivity index (χ1) is 11.0. The lowest BCUT2D eigenvalue weighted by molar-refractivity contribution is -0.677. The maximum atomic E-state index is 13.3. The molecule has 2 fully saturated rings. The van der Waals surface area contributed by atoms with Crippen molar-refractivity contribution in [3.8, 4) is 12.1 Å². The summed E-state index contributed by atoms with van der Waals surface area (Å²) >= 11 is 0. The highest BCUT2D eigenvalue weighted by atomic mass is 19.1. The highest BCUT2D eigenvalue weighted by Gasteiger charge is 3.03. The number of halogens is 1. The van der Waals surface area contributed by atoms with Gasteiger partial charge in [0.25, 0.3) is 5.84 Å². The van der Waals surface area contributed by atoms with Gasteiger partial charge in [0.2, 0.25) is 0 Å². The first-order valence-corrected chi connectivity index (χ1v) is 7.23. The lowest BCUT2D eigenvalue weighted by Crippen LogP contribution is -2.90. The van der Waals surface area contributed by atoms with Crippen molar-refractivity contribution in [3.05, 3.63) is 35.6 Å². The molecule has 0 radical (unpaired) electrons. The van der Waals surface area contributed by atoms with E-state index in [1.54, 1.807) is 19.1 Å². The highest BCUT2D eigenvalue weighted by molar-refractivity contribution is 5.97. The summed E-state index contributed by atoms with van der Waals surface area (Å²) in [6.07, 6.45) is 0. The second-order valence-electron chi connectivity index (χ2n) is 6.21. The third-order valence-electron chi connectivity index (χ3n) is 5.65. The van der Waals surface area contributed by atoms with E-state index in [9.17, 15) is 14.9 Å². The van der Waals surface area contributed by atoms with Crippen LogP contribution in [0, 0.1) is 39.3 Å². The molecule has 3 atom stereocenters. The molecule has 1 saturated heterocycles. The molecule has 1 spiro atoms. The molecular formula is C16H14FN4O2+. The van der Waals surface area contributed by atoms with Crippen LogP contribution in [0.3, 0.4) is 0 Å². The van der Waals surface area contributed by atoms with E-state index in [0.29, 0.717) is 18.8 Å². The van der Waals surface area contributed by atoms with Gasteiger partial charge in [0, 0.05) is 0 Å². The largest absolute Gasteiger partial charge is 0.343 e. The number of nitrogens with zero attached hydrogens (tertiary/aromatic N) is 2. The van der Waals surface area contributed by atoms with Gasteiger partial charge < -0.3 is 9.47 Å². The maximum Gasteiger partial charge on any atom is 0.343 e. The van der Waals surface area contributed by atoms with Crippen LogP contribution in [0.25, 0.3) is 0 Å². The van der Waals surface area contributed by atoms with Gasteiger partial charge in [-0.1, -0.05) is 19.1 Å². The Morgan fingerprint density at radius 3 is 2.30 bits per heavy atom. The Morgan fingerprint density at radius 1 is 1.17 bits per heavy atom. The summed E-state index contributed by atoms with van der Waals surface area (Å²) in [7, 11) is 0. The summed E-state index contributed by atoms with van der Waals surface area (Å²) < 4.78 is 24.7. The fraction of sp³-hybridized carbons (Fsp3) is 0.438. The molecule has 1 aromatic carbocycles. The van der Waals surface area contributed by atoms with Gasteiger partial charge in [-0.25, -0.2) is 9.38 Å². The number of fused-ring (bicyclic) bond motifs is 2. The summed E-state index contributed by atoms with van der Waals surface area (Å²) in [4.78, 5) is 2.88. The maximum absolute atomic E-state index is 13.3. The topological polar surface area (TPSA) is 106 Å². The number of amidine groups is 1. The third-order valence-corrected chi connectivity index (χ3v) is 5.65. The summed E-state index contributed by atoms with van der Waals surface area (Å²) in [5.41, 5.74) is 3.13. The van der Waals surface area contributed by atoms with Gasteiger partial charge in [-0.3, -0.25) is 5.73 Å². The average molecular weight is 313 g/mol. The number of nitriles is 2. The van der Waals surface area contributed by atoms with Gasteiger partial charge in [0.1, 0.15) is 5.82 Å². The van der Waals surface area contributed by atoms with Crippen molar-refractivity contribution in [1.82, 2.24) is 0 Å². The molecule has 116 valence electrons. The SMILES string of the molecule is C[C@@]1(c2ccc(F)cc2)[C@]2(C#N)C(N)=[NH+]C3(OCCO3)[C@@]21C#N. The number of nitrogens with one attached hydrogen (secondary N) is 1. The molecule has 4 rings (SSSR count). The van der Waals surface area contributed by atoms with Crippen molar-refractivity contribution >= 4 is 5.84 Å². The summed E-state index contributed by atoms with van der Waals surface area (Å²) in [5, 5.41) is 19.9. The smallest absolute Gasteiger partial charge is 0.311 e. The number of rotatable bonds is 1. The lowest BCUT2D eigenvalue weighted by Gasteiger charge is -2.27. The minimum atomic E-state index is -1.45. The zero-order valence-corrected chi connectivity index (χ0v) is 12.4. The van der Waals surface area contributed by atoms with Crippen molar-refractivity contribution in [2.75, 3.05) is 13.2 Å². The van der Waals surface area contributed by atoms with Crippen molar-refractivity contribution in [2.45, 2.75) is 18.2 Å². The van der Waals surface area contributed by atoms with Gasteiger partial charge in [0.15, 0.2) is 10.8 Å². The molecule has 3 aliphatic rings. The quantitative estimate of drug-likeness (QED) is 0.711. The van der Waals surface area contributed by atoms with E-state index in [4.69, 9.17) is 15.2 Å². The Bertz CT molecular complexity index is 818. The molecule has 0 amide bonds. The number of ether oxygens (including phenoxy) is 2. The van der Waals surface area contributed by atoms with Gasteiger partial charge in [-0.2, -0.15) is 10.5 Å². The average Bonchev–Trinajstić information content (AvgIpc) is 2.83. The minimum absolute atomic E-state index is 0.148. The monoisotopic (exact) mass is 313 g/mol. The Morgan fingerprint density at radius 2 is 1.78 bits per heavy atom. The van der Waals surface area contributed by atoms with Crippen LogP contribution in [-0.4, -0.2) is 25.0 Å². The summed E-state index contributed by atoms with van der Waals surface area (Å²) in [5.74, 6) is -1.70. The number of hydrogen-bond donors (Lipinski definition) is 2. The van der Waals surface area contributed by atoms with Crippen LogP contribution in [0.15, 0.2) is 24.3 Å². The molecule has 23 heavy (non-hydrogen) atoms. The Kier molecular flexibility index (Phi) is 2.39. The van der Waals surface area contributed by atoms with Crippen LogP contribution >= 0.6 is 0 Å². The van der Waals surface area contributed by atoms with E-state index in [1.807, 2.05) is 0 Å². The molecule has 2 aliphatic heterocycles. The predicted octanol–water partition coefficient (Wildman–Crippen LogP) is -0.731. The normalized spacial score (nSPS) is 39.4. The lowest BCUT2D eigenvalue weighted by atomic mass is 9.84. The van der Waals surface area contributed by atoms with Crippen LogP contribution in [0.5, 0.6) is 0 Å². The van der Waals surface area contributed by atoms with Crippen LogP contribution in [0.2, 0.25) is 0 Å². The van der Waals surface area contributed by atoms with Crippen LogP contribution < -0.4 is 10.7 Å². The third kappa shape index (κ3) is 1.11. The molecule has 7 heteroatoms. The first-order valence-electron chi connectivity index (χ1n) is 7.23. The fourth-order valence-corrected chi connectivity index (χ4v) is 4.57. The van der Waals surface area contributed by atoms with Crippen LogP contribution in [-0.2, 0) is 14.9 Å². The Hall–Kier alpha value is -2.48. The zero-order valence-electron chi connectivity index (χ0n) is 12.4. The van der Waals surface area contributed by atoms with Gasteiger partial charge >= 0.3 is 5.91 Å². The molecule has 1 saturated carbocycles. The van der Waals surface area contributed by atoms with E-state index in [-0.39, 0.29) is 5.84 Å². The molecule has 1 aliphatic carbocycles. The van der Waals surface area contributed by atoms with Crippen molar-refractivity contribution in [1.29, 1.82) is 10.5 Å². The van der Waals surface area contributed by atoms with Crippen LogP contribution in [0.4, 0.5) is 4.39 Å². The molecule has 2 heterocycles. The minimum Gasteiger partial charge on any atom is -0.311 e. The highest BCUT2D eigenvalue weighted by Crippen LogP contribution is 2.82. The standard InChI is InChI=1S/C16H13FN4O2/c1-13(10-2-4-11(17)5-3-10)14(8-18)12(20)21-16(15(13,14)9-19)22-6-7-23-16/h2-5H,6-7H2,1H3,(H2,20,21)/p+1/t13-,14+,15-/m1/s1. The second-order valence-corrected chi connectivity index (χ2v) is 6.21. The molecule has 1 aromatic rings. The second kappa shape index (κ2) is 3.88. The van der Waals surface area contributed by atoms with Gasteiger partial charge in [0.05, 0.1) is 30.8 Å². The van der Waals surface area contributed by atoms with E-state index in [1.165, 1.54) is 12.1 Å². The fourth-order valence-electron chi connectivity index (χ4n) is 4.57. The molecule has 0 unspecified atom stereocenters. The van der Waals surface area contributed by atoms with E-state index in [0.717, 1.165) is 0 Å². The zero-order chi connectivity index (χ0) is 16.5. The summed E-state index contributed by atoms with van der Waals surface area (Å²) in [6.45, 7) is 2.36. The summed E-state index contributed by atoms with van der Waals surface area (Å²) in [6, 6.07) is 10.2. The molecule has 6 nitrogen and oxygen atoms in total. The Labute approximate surface area is 131 Å². The molecule has 3 N–H and O–H groups in total. The van der Waals surface area contributed by atoms with E-state index >= 15 is 0 Å². The molecule has 0 aromatic heterocycles. The number of nitrogens with two attached hydrogens (primary N) is 1. The van der Waals surface area contributed by atoms with Crippen molar-refractivity contribution in [3.63, 3.8) is 0 Å². The number of benzene rings is 1. The predicted molar refractivity (Wildman–Crippen MR) is 74.6 cm³/mol. The first kappa shape index (κ1) is 14.1. The molecule has 0 bridgehead atoms. The van der Waals surface area contributed by atoms with Crippen molar-refractivity contribution < 1.29 is 18.9 Å². The molecular weight excluding hydrogens is 299 g/mol. The van der Waals surface area contributed by atoms with E-state index in [2.05, 4.69) is 17.1 Å². The van der Waals surface area contributed by atoms with Gasteiger partial charge in [-0.15, -0.1) is 0 Å². The van der Waals surface area contributed by atoms with Gasteiger partial charge in [-0.05, 0) is 17.7 Å².